The Morgan fingerprint density at radius 2 is 1.74 bits per heavy atom. The maximum Gasteiger partial charge on any atom is 0.475 e. The molecule has 1 aromatic carbocycles. The molecular weight excluding hydrogens is 263 g/mol. The summed E-state index contributed by atoms with van der Waals surface area (Å²) < 4.78 is 27.2. The highest BCUT2D eigenvalue weighted by Crippen LogP contribution is 2.49. The van der Waals surface area contributed by atoms with Gasteiger partial charge < -0.3 is 0 Å². The van der Waals surface area contributed by atoms with Gasteiger partial charge in [0.05, 0.1) is 19.8 Å². The third-order valence-corrected chi connectivity index (χ3v) is 4.00. The molecule has 0 atom stereocenters. The van der Waals surface area contributed by atoms with Crippen LogP contribution >= 0.6 is 7.82 Å². The molecule has 0 aliphatic carbocycles. The number of aryl methyl sites for hydroxylation is 1. The maximum absolute atomic E-state index is 12.0. The van der Waals surface area contributed by atoms with Gasteiger partial charge in [-0.15, -0.1) is 0 Å². The van der Waals surface area contributed by atoms with E-state index in [0.717, 1.165) is 5.56 Å². The molecule has 1 aromatic rings. The van der Waals surface area contributed by atoms with Crippen molar-refractivity contribution in [3.63, 3.8) is 0 Å². The van der Waals surface area contributed by atoms with Crippen LogP contribution in [0.2, 0.25) is 0 Å². The Hall–Kier alpha value is -0.930. The minimum atomic E-state index is -3.40. The van der Waals surface area contributed by atoms with E-state index in [4.69, 9.17) is 13.6 Å². The van der Waals surface area contributed by atoms with E-state index in [-0.39, 0.29) is 6.61 Å². The highest BCUT2D eigenvalue weighted by atomic mass is 31.2. The van der Waals surface area contributed by atoms with Crippen molar-refractivity contribution in [1.82, 2.24) is 0 Å². The molecule has 0 spiro atoms. The molecule has 19 heavy (non-hydrogen) atoms. The van der Waals surface area contributed by atoms with E-state index < -0.39 is 7.82 Å². The van der Waals surface area contributed by atoms with E-state index in [1.165, 1.54) is 5.56 Å². The lowest BCUT2D eigenvalue weighted by molar-refractivity contribution is 0.131. The summed E-state index contributed by atoms with van der Waals surface area (Å²) in [6, 6.07) is 8.00. The van der Waals surface area contributed by atoms with E-state index >= 15 is 0 Å². The molecule has 0 aliphatic rings. The fourth-order valence-electron chi connectivity index (χ4n) is 1.51. The van der Waals surface area contributed by atoms with E-state index in [1.807, 2.05) is 37.3 Å². The molecule has 0 unspecified atom stereocenters. The van der Waals surface area contributed by atoms with E-state index in [9.17, 15) is 4.57 Å². The maximum atomic E-state index is 12.0. The van der Waals surface area contributed by atoms with E-state index in [0.29, 0.717) is 13.2 Å². The van der Waals surface area contributed by atoms with Crippen LogP contribution in [0, 0.1) is 6.92 Å². The molecule has 0 fully saturated rings. The first-order valence-corrected chi connectivity index (χ1v) is 7.83. The third kappa shape index (κ3) is 5.70. The van der Waals surface area contributed by atoms with Gasteiger partial charge in [-0.05, 0) is 31.9 Å². The Morgan fingerprint density at radius 1 is 1.11 bits per heavy atom. The van der Waals surface area contributed by atoms with Crippen molar-refractivity contribution < 1.29 is 18.1 Å². The lowest BCUT2D eigenvalue weighted by Crippen LogP contribution is -2.00. The van der Waals surface area contributed by atoms with Crippen LogP contribution in [0.25, 0.3) is 6.08 Å². The van der Waals surface area contributed by atoms with Gasteiger partial charge in [0.25, 0.3) is 0 Å². The fraction of sp³-hybridized carbons (Fsp3) is 0.429. The van der Waals surface area contributed by atoms with Crippen LogP contribution in [0.5, 0.6) is 0 Å². The summed E-state index contributed by atoms with van der Waals surface area (Å²) in [5, 5.41) is 0. The second-order valence-corrected chi connectivity index (χ2v) is 5.51. The first-order valence-electron chi connectivity index (χ1n) is 6.37. The highest BCUT2D eigenvalue weighted by Gasteiger charge is 2.24. The van der Waals surface area contributed by atoms with Gasteiger partial charge in [-0.1, -0.05) is 36.4 Å². The minimum absolute atomic E-state index is 0.186. The molecule has 0 bridgehead atoms. The Kier molecular flexibility index (Phi) is 7.03. The van der Waals surface area contributed by atoms with Gasteiger partial charge in [-0.3, -0.25) is 13.6 Å². The van der Waals surface area contributed by atoms with Gasteiger partial charge in [0, 0.05) is 0 Å². The lowest BCUT2D eigenvalue weighted by atomic mass is 10.1. The van der Waals surface area contributed by atoms with Crippen molar-refractivity contribution in [2.75, 3.05) is 19.8 Å². The van der Waals surface area contributed by atoms with Gasteiger partial charge in [0.15, 0.2) is 0 Å². The molecule has 5 heteroatoms. The second kappa shape index (κ2) is 8.28. The zero-order valence-corrected chi connectivity index (χ0v) is 12.6. The quantitative estimate of drug-likeness (QED) is 0.671. The van der Waals surface area contributed by atoms with Crippen LogP contribution in [0.15, 0.2) is 30.3 Å². The Labute approximate surface area is 115 Å². The zero-order valence-electron chi connectivity index (χ0n) is 11.7. The molecule has 4 nitrogen and oxygen atoms in total. The smallest absolute Gasteiger partial charge is 0.287 e. The predicted molar refractivity (Wildman–Crippen MR) is 77.0 cm³/mol. The number of phosphoric acid groups is 1. The highest BCUT2D eigenvalue weighted by molar-refractivity contribution is 7.48. The Morgan fingerprint density at radius 3 is 2.32 bits per heavy atom. The van der Waals surface area contributed by atoms with Crippen molar-refractivity contribution in [2.24, 2.45) is 0 Å². The largest absolute Gasteiger partial charge is 0.475 e. The summed E-state index contributed by atoms with van der Waals surface area (Å²) in [4.78, 5) is 0. The van der Waals surface area contributed by atoms with Crippen molar-refractivity contribution in [1.29, 1.82) is 0 Å². The van der Waals surface area contributed by atoms with Gasteiger partial charge in [-0.25, -0.2) is 4.57 Å². The SMILES string of the molecule is CCOP(=O)(OCC)OC/C=C/c1ccccc1C. The van der Waals surface area contributed by atoms with Crippen LogP contribution < -0.4 is 0 Å². The lowest BCUT2D eigenvalue weighted by Gasteiger charge is -2.15. The third-order valence-electron chi connectivity index (χ3n) is 2.39. The average Bonchev–Trinajstić information content (AvgIpc) is 2.37. The van der Waals surface area contributed by atoms with Crippen molar-refractivity contribution in [2.45, 2.75) is 20.8 Å². The van der Waals surface area contributed by atoms with Crippen molar-refractivity contribution >= 4 is 13.9 Å². The van der Waals surface area contributed by atoms with E-state index in [1.54, 1.807) is 19.9 Å². The first-order chi connectivity index (χ1) is 9.11. The standard InChI is InChI=1S/C14H21O4P/c1-4-16-19(15,17-5-2)18-12-8-11-14-10-7-6-9-13(14)3/h6-11H,4-5,12H2,1-3H3/b11-8+. The molecule has 0 heterocycles. The average molecular weight is 284 g/mol. The Bertz CT molecular complexity index is 447. The number of hydrogen-bond acceptors (Lipinski definition) is 4. The van der Waals surface area contributed by atoms with Crippen LogP contribution in [-0.4, -0.2) is 19.8 Å². The van der Waals surface area contributed by atoms with Gasteiger partial charge in [-0.2, -0.15) is 0 Å². The second-order valence-electron chi connectivity index (χ2n) is 3.84. The summed E-state index contributed by atoms with van der Waals surface area (Å²) in [6.07, 6.45) is 3.73. The molecule has 1 rings (SSSR count). The Balaban J connectivity index is 2.53. The molecule has 0 N–H and O–H groups in total. The fourth-order valence-corrected chi connectivity index (χ4v) is 2.64. The number of rotatable bonds is 8. The number of benzene rings is 1. The molecular formula is C14H21O4P. The molecule has 0 aliphatic heterocycles. The predicted octanol–water partition coefficient (Wildman–Crippen LogP) is 4.21. The van der Waals surface area contributed by atoms with Gasteiger partial charge >= 0.3 is 7.82 Å². The summed E-state index contributed by atoms with van der Waals surface area (Å²) in [5.41, 5.74) is 2.28. The summed E-state index contributed by atoms with van der Waals surface area (Å²) >= 11 is 0. The van der Waals surface area contributed by atoms with Gasteiger partial charge in [0.1, 0.15) is 0 Å². The van der Waals surface area contributed by atoms with Crippen LogP contribution in [-0.2, 0) is 18.1 Å². The number of phosphoric ester groups is 1. The number of hydrogen-bond donors (Lipinski definition) is 0. The first kappa shape index (κ1) is 16.1. The summed E-state index contributed by atoms with van der Waals surface area (Å²) in [7, 11) is -3.40. The van der Waals surface area contributed by atoms with Crippen molar-refractivity contribution in [3.05, 3.63) is 41.5 Å². The molecule has 0 saturated carbocycles. The molecule has 0 aromatic heterocycles. The minimum Gasteiger partial charge on any atom is -0.287 e. The van der Waals surface area contributed by atoms with E-state index in [2.05, 4.69) is 0 Å². The molecule has 0 saturated heterocycles. The topological polar surface area (TPSA) is 44.8 Å². The van der Waals surface area contributed by atoms with Gasteiger partial charge in [0.2, 0.25) is 0 Å². The van der Waals surface area contributed by atoms with Crippen LogP contribution in [0.3, 0.4) is 0 Å². The zero-order chi connectivity index (χ0) is 14.1. The molecule has 106 valence electrons. The monoisotopic (exact) mass is 284 g/mol. The van der Waals surface area contributed by atoms with Crippen LogP contribution in [0.1, 0.15) is 25.0 Å². The molecule has 0 radical (unpaired) electrons. The molecule has 0 amide bonds. The normalized spacial score (nSPS) is 12.2. The summed E-state index contributed by atoms with van der Waals surface area (Å²) in [5.74, 6) is 0. The summed E-state index contributed by atoms with van der Waals surface area (Å²) in [6.45, 7) is 6.30. The van der Waals surface area contributed by atoms with Crippen LogP contribution in [0.4, 0.5) is 0 Å². The van der Waals surface area contributed by atoms with Crippen molar-refractivity contribution in [3.8, 4) is 0 Å².